The van der Waals surface area contributed by atoms with Gasteiger partial charge in [0, 0.05) is 36.6 Å². The predicted molar refractivity (Wildman–Crippen MR) is 111 cm³/mol. The summed E-state index contributed by atoms with van der Waals surface area (Å²) < 4.78 is 5.83. The van der Waals surface area contributed by atoms with Crippen LogP contribution < -0.4 is 5.32 Å². The third-order valence-electron chi connectivity index (χ3n) is 4.80. The van der Waals surface area contributed by atoms with Gasteiger partial charge >= 0.3 is 0 Å². The molecule has 1 aliphatic heterocycles. The fourth-order valence-electron chi connectivity index (χ4n) is 3.56. The fraction of sp³-hybridized carbons (Fsp3) is 0.409. The van der Waals surface area contributed by atoms with Crippen molar-refractivity contribution in [2.45, 2.75) is 44.0 Å². The van der Waals surface area contributed by atoms with Gasteiger partial charge in [0.2, 0.25) is 0 Å². The number of nitrogens with zero attached hydrogens (tertiary/aromatic N) is 1. The first-order chi connectivity index (χ1) is 13.0. The van der Waals surface area contributed by atoms with Gasteiger partial charge in [-0.05, 0) is 55.5 Å². The van der Waals surface area contributed by atoms with Gasteiger partial charge in [-0.25, -0.2) is 0 Å². The number of carbonyl (C=O) groups is 1. The molecule has 2 aromatic carbocycles. The Hall–Kier alpha value is -1.82. The molecule has 0 bridgehead atoms. The number of ether oxygens (including phenoxy) is 1. The average molecular weight is 385 g/mol. The van der Waals surface area contributed by atoms with Gasteiger partial charge in [0.05, 0.1) is 12.2 Å². The summed E-state index contributed by atoms with van der Waals surface area (Å²) in [6.45, 7) is 7.54. The highest BCUT2D eigenvalue weighted by Crippen LogP contribution is 2.18. The Morgan fingerprint density at radius 3 is 2.33 bits per heavy atom. The summed E-state index contributed by atoms with van der Waals surface area (Å²) in [5.41, 5.74) is 3.12. The number of hydrogen-bond acceptors (Lipinski definition) is 4. The third-order valence-corrected chi connectivity index (χ3v) is 5.54. The van der Waals surface area contributed by atoms with Crippen LogP contribution in [0.3, 0.4) is 0 Å². The van der Waals surface area contributed by atoms with E-state index in [-0.39, 0.29) is 18.1 Å². The number of benzene rings is 2. The van der Waals surface area contributed by atoms with Crippen molar-refractivity contribution in [3.63, 3.8) is 0 Å². The van der Waals surface area contributed by atoms with Crippen molar-refractivity contribution in [3.8, 4) is 0 Å². The average Bonchev–Trinajstić information content (AvgIpc) is 2.66. The lowest BCUT2D eigenvalue weighted by Crippen LogP contribution is -2.45. The maximum atomic E-state index is 12.5. The fourth-order valence-corrected chi connectivity index (χ4v) is 3.97. The highest BCUT2D eigenvalue weighted by Gasteiger charge is 2.22. The summed E-state index contributed by atoms with van der Waals surface area (Å²) in [6.07, 6.45) is 2.54. The smallest absolute Gasteiger partial charge is 0.251 e. The minimum absolute atomic E-state index is 0.0360. The van der Waals surface area contributed by atoms with E-state index < -0.39 is 0 Å². The van der Waals surface area contributed by atoms with Crippen molar-refractivity contribution in [2.24, 2.45) is 0 Å². The van der Waals surface area contributed by atoms with Crippen LogP contribution in [-0.2, 0) is 17.8 Å². The van der Waals surface area contributed by atoms with Crippen LogP contribution in [0.25, 0.3) is 0 Å². The summed E-state index contributed by atoms with van der Waals surface area (Å²) in [4.78, 5) is 16.0. The molecule has 1 N–H and O–H groups in total. The van der Waals surface area contributed by atoms with Gasteiger partial charge in [0.15, 0.2) is 0 Å². The summed E-state index contributed by atoms with van der Waals surface area (Å²) in [6, 6.07) is 16.1. The van der Waals surface area contributed by atoms with Crippen molar-refractivity contribution in [3.05, 3.63) is 65.2 Å². The number of thioether (sulfide) groups is 1. The first-order valence-corrected chi connectivity index (χ1v) is 10.6. The van der Waals surface area contributed by atoms with Crippen molar-refractivity contribution >= 4 is 17.7 Å². The highest BCUT2D eigenvalue weighted by atomic mass is 32.2. The Morgan fingerprint density at radius 1 is 1.07 bits per heavy atom. The first kappa shape index (κ1) is 19.9. The Labute approximate surface area is 166 Å². The van der Waals surface area contributed by atoms with Crippen molar-refractivity contribution in [1.29, 1.82) is 0 Å². The summed E-state index contributed by atoms with van der Waals surface area (Å²) in [5, 5.41) is 3.06. The van der Waals surface area contributed by atoms with Crippen LogP contribution in [0.1, 0.15) is 35.3 Å². The molecule has 0 aromatic heterocycles. The third kappa shape index (κ3) is 5.58. The number of nitrogens with one attached hydrogen (secondary N) is 1. The summed E-state index contributed by atoms with van der Waals surface area (Å²) in [5.74, 6) is -0.0360. The summed E-state index contributed by atoms with van der Waals surface area (Å²) in [7, 11) is 0. The van der Waals surface area contributed by atoms with E-state index in [0.717, 1.165) is 24.5 Å². The SMILES string of the molecule is CSc1ccc(C(=O)NCc2ccccc2CN2CC(C)OC(C)C2)cc1. The zero-order valence-electron chi connectivity index (χ0n) is 16.3. The molecule has 0 aliphatic carbocycles. The second kappa shape index (κ2) is 9.40. The van der Waals surface area contributed by atoms with E-state index >= 15 is 0 Å². The molecule has 2 atom stereocenters. The standard InChI is InChI=1S/C22H28N2O2S/c1-16-13-24(14-17(2)26-16)15-20-7-5-4-6-19(20)12-23-22(25)18-8-10-21(27-3)11-9-18/h4-11,16-17H,12-15H2,1-3H3,(H,23,25). The molecule has 27 heavy (non-hydrogen) atoms. The zero-order valence-corrected chi connectivity index (χ0v) is 17.1. The first-order valence-electron chi connectivity index (χ1n) is 9.42. The minimum Gasteiger partial charge on any atom is -0.373 e. The Balaban J connectivity index is 1.62. The molecule has 2 unspecified atom stereocenters. The number of hydrogen-bond donors (Lipinski definition) is 1. The van der Waals surface area contributed by atoms with Gasteiger partial charge in [-0.15, -0.1) is 11.8 Å². The molecule has 1 fully saturated rings. The van der Waals surface area contributed by atoms with Gasteiger partial charge in [0.1, 0.15) is 0 Å². The van der Waals surface area contributed by atoms with E-state index in [9.17, 15) is 4.79 Å². The maximum absolute atomic E-state index is 12.5. The van der Waals surface area contributed by atoms with E-state index in [2.05, 4.69) is 42.3 Å². The van der Waals surface area contributed by atoms with E-state index in [4.69, 9.17) is 4.74 Å². The molecule has 2 aromatic rings. The molecule has 1 amide bonds. The zero-order chi connectivity index (χ0) is 19.2. The van der Waals surface area contributed by atoms with Gasteiger partial charge in [-0.3, -0.25) is 9.69 Å². The van der Waals surface area contributed by atoms with Crippen molar-refractivity contribution < 1.29 is 9.53 Å². The van der Waals surface area contributed by atoms with Crippen LogP contribution in [-0.4, -0.2) is 42.4 Å². The van der Waals surface area contributed by atoms with Crippen LogP contribution >= 0.6 is 11.8 Å². The van der Waals surface area contributed by atoms with Crippen LogP contribution in [0.15, 0.2) is 53.4 Å². The lowest BCUT2D eigenvalue weighted by Gasteiger charge is -2.35. The van der Waals surface area contributed by atoms with Crippen molar-refractivity contribution in [2.75, 3.05) is 19.3 Å². The van der Waals surface area contributed by atoms with Gasteiger partial charge in [0.25, 0.3) is 5.91 Å². The minimum atomic E-state index is -0.0360. The monoisotopic (exact) mass is 384 g/mol. The number of rotatable bonds is 6. The van der Waals surface area contributed by atoms with Gasteiger partial charge in [-0.2, -0.15) is 0 Å². The lowest BCUT2D eigenvalue weighted by atomic mass is 10.1. The Kier molecular flexibility index (Phi) is 6.94. The number of morpholine rings is 1. The predicted octanol–water partition coefficient (Wildman–Crippen LogP) is 3.95. The molecule has 144 valence electrons. The second-order valence-corrected chi connectivity index (χ2v) is 8.01. The number of amides is 1. The Morgan fingerprint density at radius 2 is 1.70 bits per heavy atom. The quantitative estimate of drug-likeness (QED) is 0.766. The van der Waals surface area contributed by atoms with Crippen LogP contribution in [0.5, 0.6) is 0 Å². The highest BCUT2D eigenvalue weighted by molar-refractivity contribution is 7.98. The molecular weight excluding hydrogens is 356 g/mol. The molecule has 5 heteroatoms. The molecule has 1 saturated heterocycles. The molecule has 3 rings (SSSR count). The topological polar surface area (TPSA) is 41.6 Å². The largest absolute Gasteiger partial charge is 0.373 e. The van der Waals surface area contributed by atoms with E-state index in [0.29, 0.717) is 12.1 Å². The van der Waals surface area contributed by atoms with Crippen LogP contribution in [0.2, 0.25) is 0 Å². The maximum Gasteiger partial charge on any atom is 0.251 e. The molecule has 1 aliphatic rings. The van der Waals surface area contributed by atoms with Gasteiger partial charge < -0.3 is 10.1 Å². The Bertz CT molecular complexity index is 753. The van der Waals surface area contributed by atoms with Crippen LogP contribution in [0, 0.1) is 0 Å². The van der Waals surface area contributed by atoms with Crippen molar-refractivity contribution in [1.82, 2.24) is 10.2 Å². The molecule has 0 spiro atoms. The molecule has 1 heterocycles. The van der Waals surface area contributed by atoms with Crippen LogP contribution in [0.4, 0.5) is 0 Å². The molecule has 0 saturated carbocycles. The van der Waals surface area contributed by atoms with E-state index in [1.54, 1.807) is 11.8 Å². The van der Waals surface area contributed by atoms with E-state index in [1.807, 2.05) is 36.6 Å². The second-order valence-electron chi connectivity index (χ2n) is 7.13. The van der Waals surface area contributed by atoms with E-state index in [1.165, 1.54) is 11.1 Å². The summed E-state index contributed by atoms with van der Waals surface area (Å²) >= 11 is 1.67. The lowest BCUT2D eigenvalue weighted by molar-refractivity contribution is -0.0705. The normalized spacial score (nSPS) is 20.4. The molecule has 0 radical (unpaired) electrons. The number of carbonyl (C=O) groups excluding carboxylic acids is 1. The van der Waals surface area contributed by atoms with Gasteiger partial charge in [-0.1, -0.05) is 24.3 Å². The molecular formula is C22H28N2O2S. The molecule has 4 nitrogen and oxygen atoms in total.